The lowest BCUT2D eigenvalue weighted by Gasteiger charge is -2.05. The van der Waals surface area contributed by atoms with Gasteiger partial charge in [0.15, 0.2) is 0 Å². The molecule has 0 bridgehead atoms. The van der Waals surface area contributed by atoms with Gasteiger partial charge in [0.25, 0.3) is 0 Å². The monoisotopic (exact) mass is 559 g/mol. The average molecular weight is 559 g/mol. The van der Waals surface area contributed by atoms with Crippen molar-refractivity contribution in [1.29, 1.82) is 0 Å². The maximum absolute atomic E-state index is 11.9. The van der Waals surface area contributed by atoms with Crippen LogP contribution in [-0.2, 0) is 9.53 Å². The molecule has 0 rings (SSSR count). The Bertz CT molecular complexity index is 574. The lowest BCUT2D eigenvalue weighted by atomic mass is 10.0. The van der Waals surface area contributed by atoms with Gasteiger partial charge in [0, 0.05) is 6.42 Å². The van der Waals surface area contributed by atoms with Gasteiger partial charge in [-0.3, -0.25) is 4.79 Å². The molecule has 40 heavy (non-hydrogen) atoms. The Balaban J connectivity index is 3.23. The number of hydrogen-bond donors (Lipinski definition) is 0. The molecule has 0 unspecified atom stereocenters. The van der Waals surface area contributed by atoms with Crippen molar-refractivity contribution in [2.75, 3.05) is 6.61 Å². The van der Waals surface area contributed by atoms with Gasteiger partial charge in [-0.2, -0.15) is 0 Å². The summed E-state index contributed by atoms with van der Waals surface area (Å²) in [5, 5.41) is 0. The van der Waals surface area contributed by atoms with Gasteiger partial charge < -0.3 is 4.74 Å². The van der Waals surface area contributed by atoms with Gasteiger partial charge in [0.2, 0.25) is 0 Å². The highest BCUT2D eigenvalue weighted by Gasteiger charge is 2.02. The van der Waals surface area contributed by atoms with Crippen LogP contribution in [0.25, 0.3) is 0 Å². The summed E-state index contributed by atoms with van der Waals surface area (Å²) in [4.78, 5) is 11.9. The van der Waals surface area contributed by atoms with E-state index in [0.29, 0.717) is 13.0 Å². The van der Waals surface area contributed by atoms with Crippen molar-refractivity contribution in [2.45, 2.75) is 194 Å². The Labute approximate surface area is 251 Å². The number of unbranched alkanes of at least 4 members (excludes halogenated alkanes) is 24. The minimum atomic E-state index is 0.00504. The van der Waals surface area contributed by atoms with E-state index in [9.17, 15) is 4.79 Å². The highest BCUT2D eigenvalue weighted by molar-refractivity contribution is 5.69. The van der Waals surface area contributed by atoms with Crippen molar-refractivity contribution in [3.05, 3.63) is 36.5 Å². The summed E-state index contributed by atoms with van der Waals surface area (Å²) in [6, 6.07) is 0. The number of ether oxygens (including phenoxy) is 1. The minimum Gasteiger partial charge on any atom is -0.466 e. The fraction of sp³-hybridized carbons (Fsp3) is 0.816. The maximum Gasteiger partial charge on any atom is 0.305 e. The van der Waals surface area contributed by atoms with Crippen LogP contribution in [0.3, 0.4) is 0 Å². The lowest BCUT2D eigenvalue weighted by molar-refractivity contribution is -0.143. The zero-order chi connectivity index (χ0) is 29.0. The van der Waals surface area contributed by atoms with Crippen molar-refractivity contribution in [2.24, 2.45) is 0 Å². The van der Waals surface area contributed by atoms with E-state index in [0.717, 1.165) is 25.7 Å². The third kappa shape index (κ3) is 34.7. The number of rotatable bonds is 32. The third-order valence-corrected chi connectivity index (χ3v) is 7.84. The molecule has 2 nitrogen and oxygen atoms in total. The predicted octanol–water partition coefficient (Wildman–Crippen LogP) is 13.2. The van der Waals surface area contributed by atoms with Crippen LogP contribution in [0.5, 0.6) is 0 Å². The summed E-state index contributed by atoms with van der Waals surface area (Å²) in [5.74, 6) is 0.00504. The van der Waals surface area contributed by atoms with E-state index in [1.54, 1.807) is 0 Å². The van der Waals surface area contributed by atoms with Crippen LogP contribution in [0.1, 0.15) is 194 Å². The van der Waals surface area contributed by atoms with Crippen molar-refractivity contribution in [1.82, 2.24) is 0 Å². The van der Waals surface area contributed by atoms with Gasteiger partial charge in [-0.05, 0) is 32.1 Å². The van der Waals surface area contributed by atoms with Gasteiger partial charge in [0.1, 0.15) is 0 Å². The highest BCUT2D eigenvalue weighted by atomic mass is 16.5. The quantitative estimate of drug-likeness (QED) is 0.0466. The van der Waals surface area contributed by atoms with Crippen LogP contribution in [0, 0.1) is 0 Å². The molecule has 0 amide bonds. The van der Waals surface area contributed by atoms with Crippen LogP contribution in [0.15, 0.2) is 36.5 Å². The highest BCUT2D eigenvalue weighted by Crippen LogP contribution is 2.14. The summed E-state index contributed by atoms with van der Waals surface area (Å²) in [6.07, 6.45) is 49.2. The molecule has 234 valence electrons. The van der Waals surface area contributed by atoms with Crippen molar-refractivity contribution >= 4 is 5.97 Å². The van der Waals surface area contributed by atoms with Crippen molar-refractivity contribution in [3.63, 3.8) is 0 Å². The summed E-state index contributed by atoms with van der Waals surface area (Å²) in [7, 11) is 0. The number of hydrogen-bond acceptors (Lipinski definition) is 2. The smallest absolute Gasteiger partial charge is 0.305 e. The van der Waals surface area contributed by atoms with Gasteiger partial charge in [-0.15, -0.1) is 0 Å². The van der Waals surface area contributed by atoms with E-state index in [4.69, 9.17) is 4.74 Å². The van der Waals surface area contributed by atoms with E-state index in [2.05, 4.69) is 50.3 Å². The summed E-state index contributed by atoms with van der Waals surface area (Å²) < 4.78 is 5.43. The molecular formula is C38H70O2. The van der Waals surface area contributed by atoms with E-state index >= 15 is 0 Å². The molecule has 0 aliphatic heterocycles. The summed E-state index contributed by atoms with van der Waals surface area (Å²) in [5.41, 5.74) is 0. The van der Waals surface area contributed by atoms with E-state index in [1.807, 2.05) is 0 Å². The fourth-order valence-corrected chi connectivity index (χ4v) is 5.12. The Morgan fingerprint density at radius 3 is 1.27 bits per heavy atom. The van der Waals surface area contributed by atoms with Crippen LogP contribution in [0.4, 0.5) is 0 Å². The first-order valence-corrected chi connectivity index (χ1v) is 17.9. The van der Waals surface area contributed by atoms with E-state index < -0.39 is 0 Å². The minimum absolute atomic E-state index is 0.00504. The molecular weight excluding hydrogens is 488 g/mol. The SMILES string of the molecule is CCCCC=CC=CC=CCCCCCCCC(=O)OCCCCCCCCCCCCCCCCCCCC. The molecule has 0 saturated heterocycles. The first-order valence-electron chi connectivity index (χ1n) is 17.9. The molecule has 0 spiro atoms. The van der Waals surface area contributed by atoms with Crippen molar-refractivity contribution < 1.29 is 9.53 Å². The summed E-state index contributed by atoms with van der Waals surface area (Å²) >= 11 is 0. The largest absolute Gasteiger partial charge is 0.466 e. The second kappa shape index (κ2) is 35.7. The zero-order valence-corrected chi connectivity index (χ0v) is 27.3. The van der Waals surface area contributed by atoms with Crippen LogP contribution >= 0.6 is 0 Å². The predicted molar refractivity (Wildman–Crippen MR) is 179 cm³/mol. The fourth-order valence-electron chi connectivity index (χ4n) is 5.12. The molecule has 0 aliphatic rings. The van der Waals surface area contributed by atoms with Gasteiger partial charge in [0.05, 0.1) is 6.61 Å². The molecule has 0 aromatic carbocycles. The maximum atomic E-state index is 11.9. The Hall–Kier alpha value is -1.31. The molecule has 2 heteroatoms. The molecule has 0 aromatic rings. The second-order valence-electron chi connectivity index (χ2n) is 11.9. The van der Waals surface area contributed by atoms with E-state index in [1.165, 1.54) is 148 Å². The second-order valence-corrected chi connectivity index (χ2v) is 11.9. The number of allylic oxidation sites excluding steroid dienone is 6. The van der Waals surface area contributed by atoms with Crippen LogP contribution < -0.4 is 0 Å². The van der Waals surface area contributed by atoms with E-state index in [-0.39, 0.29) is 5.97 Å². The molecule has 0 radical (unpaired) electrons. The topological polar surface area (TPSA) is 26.3 Å². The van der Waals surface area contributed by atoms with Crippen LogP contribution in [-0.4, -0.2) is 12.6 Å². The van der Waals surface area contributed by atoms with Crippen LogP contribution in [0.2, 0.25) is 0 Å². The van der Waals surface area contributed by atoms with Gasteiger partial charge >= 0.3 is 5.97 Å². The zero-order valence-electron chi connectivity index (χ0n) is 27.3. The molecule has 0 aliphatic carbocycles. The summed E-state index contributed by atoms with van der Waals surface area (Å²) in [6.45, 7) is 5.14. The van der Waals surface area contributed by atoms with Crippen molar-refractivity contribution in [3.8, 4) is 0 Å². The molecule has 0 saturated carbocycles. The number of carbonyl (C=O) groups is 1. The lowest BCUT2D eigenvalue weighted by Crippen LogP contribution is -2.05. The number of esters is 1. The molecule has 0 N–H and O–H groups in total. The standard InChI is InChI=1S/C38H70O2/c1-3-5-7-9-11-13-15-17-19-20-21-23-25-27-29-31-33-35-37-40-38(39)36-34-32-30-28-26-24-22-18-16-14-12-10-8-6-4-2/h10,12,14,16,18,22H,3-9,11,13,15,17,19-21,23-37H2,1-2H3. The average Bonchev–Trinajstić information content (AvgIpc) is 2.96. The molecule has 0 atom stereocenters. The Morgan fingerprint density at radius 1 is 0.425 bits per heavy atom. The Morgan fingerprint density at radius 2 is 0.800 bits per heavy atom. The normalized spacial score (nSPS) is 11.9. The molecule has 0 aromatic heterocycles. The first kappa shape index (κ1) is 38.7. The van der Waals surface area contributed by atoms with Gasteiger partial charge in [-0.1, -0.05) is 192 Å². The molecule has 0 heterocycles. The molecule has 0 fully saturated rings. The third-order valence-electron chi connectivity index (χ3n) is 7.84. The Kier molecular flexibility index (Phi) is 34.5. The van der Waals surface area contributed by atoms with Gasteiger partial charge in [-0.25, -0.2) is 0 Å². The first-order chi connectivity index (χ1) is 19.8. The number of carbonyl (C=O) groups excluding carboxylic acids is 1.